The number of anilines is 1. The molecule has 110 valence electrons. The lowest BCUT2D eigenvalue weighted by Gasteiger charge is -2.10. The lowest BCUT2D eigenvalue weighted by atomic mass is 10.1. The number of nitrogens with two attached hydrogens (primary N) is 1. The average Bonchev–Trinajstić information content (AvgIpc) is 2.50. The molecule has 0 unspecified atom stereocenters. The molecule has 1 aromatic carbocycles. The van der Waals surface area contributed by atoms with Crippen molar-refractivity contribution in [2.45, 2.75) is 6.42 Å². The van der Waals surface area contributed by atoms with Gasteiger partial charge in [-0.15, -0.1) is 21.5 Å². The van der Waals surface area contributed by atoms with Crippen LogP contribution in [0.15, 0.2) is 30.9 Å². The Bertz CT molecular complexity index is 624. The minimum absolute atomic E-state index is 0.0776. The van der Waals surface area contributed by atoms with Crippen LogP contribution < -0.4 is 19.9 Å². The molecule has 0 fully saturated rings. The van der Waals surface area contributed by atoms with E-state index in [1.54, 1.807) is 18.2 Å². The highest BCUT2D eigenvalue weighted by atomic mass is 16.5. The van der Waals surface area contributed by atoms with Crippen LogP contribution in [0.25, 0.3) is 0 Å². The van der Waals surface area contributed by atoms with Crippen LogP contribution in [0.4, 0.5) is 5.69 Å². The standard InChI is InChI=1S/C14H16N4O3/c1-4-5-9-8-10(15)6-7-11(9)21-14-17-12(19-2)16-13(18-14)20-3/h4,6-8H,1,5,15H2,2-3H3. The first kappa shape index (κ1) is 14.6. The molecule has 0 aliphatic heterocycles. The first-order chi connectivity index (χ1) is 10.2. The molecule has 7 nitrogen and oxygen atoms in total. The SMILES string of the molecule is C=CCc1cc(N)ccc1Oc1nc(OC)nc(OC)n1. The minimum atomic E-state index is 0.0776. The van der Waals surface area contributed by atoms with Gasteiger partial charge >= 0.3 is 18.0 Å². The van der Waals surface area contributed by atoms with E-state index < -0.39 is 0 Å². The quantitative estimate of drug-likeness (QED) is 0.641. The van der Waals surface area contributed by atoms with Gasteiger partial charge < -0.3 is 19.9 Å². The molecular formula is C14H16N4O3. The van der Waals surface area contributed by atoms with Crippen molar-refractivity contribution >= 4 is 5.69 Å². The van der Waals surface area contributed by atoms with Gasteiger partial charge in [-0.1, -0.05) is 6.08 Å². The highest BCUT2D eigenvalue weighted by molar-refractivity contribution is 5.49. The molecule has 0 amide bonds. The molecule has 21 heavy (non-hydrogen) atoms. The van der Waals surface area contributed by atoms with Crippen LogP contribution in [0, 0.1) is 0 Å². The number of benzene rings is 1. The maximum Gasteiger partial charge on any atom is 0.331 e. The van der Waals surface area contributed by atoms with Crippen LogP contribution in [0.1, 0.15) is 5.56 Å². The van der Waals surface area contributed by atoms with Crippen LogP contribution in [-0.4, -0.2) is 29.2 Å². The summed E-state index contributed by atoms with van der Waals surface area (Å²) in [6, 6.07) is 5.59. The van der Waals surface area contributed by atoms with E-state index >= 15 is 0 Å². The van der Waals surface area contributed by atoms with Crippen molar-refractivity contribution in [2.75, 3.05) is 20.0 Å². The predicted molar refractivity (Wildman–Crippen MR) is 77.8 cm³/mol. The van der Waals surface area contributed by atoms with Crippen molar-refractivity contribution in [3.05, 3.63) is 36.4 Å². The number of hydrogen-bond donors (Lipinski definition) is 1. The number of nitrogen functional groups attached to an aromatic ring is 1. The van der Waals surface area contributed by atoms with Crippen LogP contribution in [0.3, 0.4) is 0 Å². The third kappa shape index (κ3) is 3.59. The first-order valence-electron chi connectivity index (χ1n) is 6.17. The Hall–Kier alpha value is -2.83. The monoisotopic (exact) mass is 288 g/mol. The minimum Gasteiger partial charge on any atom is -0.467 e. The number of ether oxygens (including phenoxy) is 3. The fourth-order valence-corrected chi connectivity index (χ4v) is 1.66. The molecule has 2 rings (SSSR count). The topological polar surface area (TPSA) is 92.4 Å². The summed E-state index contributed by atoms with van der Waals surface area (Å²) < 4.78 is 15.6. The largest absolute Gasteiger partial charge is 0.467 e. The van der Waals surface area contributed by atoms with Crippen molar-refractivity contribution in [3.8, 4) is 23.8 Å². The van der Waals surface area contributed by atoms with E-state index in [-0.39, 0.29) is 18.0 Å². The van der Waals surface area contributed by atoms with E-state index in [0.717, 1.165) is 5.56 Å². The Balaban J connectivity index is 2.35. The van der Waals surface area contributed by atoms with Crippen molar-refractivity contribution in [1.29, 1.82) is 0 Å². The van der Waals surface area contributed by atoms with E-state index in [1.165, 1.54) is 14.2 Å². The Kier molecular flexibility index (Phi) is 4.55. The smallest absolute Gasteiger partial charge is 0.331 e. The zero-order valence-corrected chi connectivity index (χ0v) is 11.9. The van der Waals surface area contributed by atoms with Gasteiger partial charge in [0.1, 0.15) is 5.75 Å². The summed E-state index contributed by atoms with van der Waals surface area (Å²) in [7, 11) is 2.90. The van der Waals surface area contributed by atoms with Crippen LogP contribution in [-0.2, 0) is 6.42 Å². The summed E-state index contributed by atoms with van der Waals surface area (Å²) in [5, 5.41) is 0. The second-order valence-electron chi connectivity index (χ2n) is 4.05. The van der Waals surface area contributed by atoms with Crippen LogP contribution in [0.2, 0.25) is 0 Å². The van der Waals surface area contributed by atoms with Gasteiger partial charge in [0.15, 0.2) is 0 Å². The predicted octanol–water partition coefficient (Wildman–Crippen LogP) is 1.99. The van der Waals surface area contributed by atoms with Crippen molar-refractivity contribution in [1.82, 2.24) is 15.0 Å². The Morgan fingerprint density at radius 1 is 1.10 bits per heavy atom. The van der Waals surface area contributed by atoms with E-state index in [9.17, 15) is 0 Å². The Morgan fingerprint density at radius 3 is 2.29 bits per heavy atom. The highest BCUT2D eigenvalue weighted by Crippen LogP contribution is 2.27. The molecule has 0 aliphatic rings. The van der Waals surface area contributed by atoms with Gasteiger partial charge in [-0.3, -0.25) is 0 Å². The van der Waals surface area contributed by atoms with E-state index in [4.69, 9.17) is 19.9 Å². The number of nitrogens with zero attached hydrogens (tertiary/aromatic N) is 3. The van der Waals surface area contributed by atoms with Crippen LogP contribution in [0.5, 0.6) is 23.8 Å². The molecular weight excluding hydrogens is 272 g/mol. The maximum atomic E-state index is 5.77. The molecule has 2 aromatic rings. The second kappa shape index (κ2) is 6.56. The molecule has 1 heterocycles. The maximum absolute atomic E-state index is 5.77. The summed E-state index contributed by atoms with van der Waals surface area (Å²) in [5.74, 6) is 0.583. The first-order valence-corrected chi connectivity index (χ1v) is 6.17. The van der Waals surface area contributed by atoms with Crippen molar-refractivity contribution in [3.63, 3.8) is 0 Å². The highest BCUT2D eigenvalue weighted by Gasteiger charge is 2.11. The zero-order chi connectivity index (χ0) is 15.2. The van der Waals surface area contributed by atoms with Gasteiger partial charge in [0, 0.05) is 11.3 Å². The molecule has 0 radical (unpaired) electrons. The zero-order valence-electron chi connectivity index (χ0n) is 11.9. The van der Waals surface area contributed by atoms with E-state index in [1.807, 2.05) is 6.07 Å². The number of methoxy groups -OCH3 is 2. The molecule has 1 aromatic heterocycles. The van der Waals surface area contributed by atoms with Crippen molar-refractivity contribution < 1.29 is 14.2 Å². The van der Waals surface area contributed by atoms with Gasteiger partial charge in [-0.25, -0.2) is 0 Å². The average molecular weight is 288 g/mol. The normalized spacial score (nSPS) is 10.0. The molecule has 0 saturated carbocycles. The third-order valence-electron chi connectivity index (χ3n) is 2.59. The molecule has 0 spiro atoms. The molecule has 2 N–H and O–H groups in total. The summed E-state index contributed by atoms with van der Waals surface area (Å²) in [6.07, 6.45) is 2.37. The number of rotatable bonds is 6. The van der Waals surface area contributed by atoms with Gasteiger partial charge in [0.25, 0.3) is 0 Å². The molecule has 0 saturated heterocycles. The molecule has 7 heteroatoms. The van der Waals surface area contributed by atoms with Gasteiger partial charge in [0.2, 0.25) is 0 Å². The molecule has 0 aliphatic carbocycles. The Morgan fingerprint density at radius 2 is 1.71 bits per heavy atom. The fraction of sp³-hybridized carbons (Fsp3) is 0.214. The van der Waals surface area contributed by atoms with E-state index in [2.05, 4.69) is 21.5 Å². The summed E-state index contributed by atoms with van der Waals surface area (Å²) in [4.78, 5) is 11.9. The second-order valence-corrected chi connectivity index (χ2v) is 4.05. The summed E-state index contributed by atoms with van der Waals surface area (Å²) >= 11 is 0. The van der Waals surface area contributed by atoms with Gasteiger partial charge in [-0.2, -0.15) is 0 Å². The number of aromatic nitrogens is 3. The Labute approximate surface area is 122 Å². The van der Waals surface area contributed by atoms with Gasteiger partial charge in [-0.05, 0) is 24.6 Å². The van der Waals surface area contributed by atoms with Gasteiger partial charge in [0.05, 0.1) is 14.2 Å². The van der Waals surface area contributed by atoms with Crippen LogP contribution >= 0.6 is 0 Å². The number of allylic oxidation sites excluding steroid dienone is 1. The lowest BCUT2D eigenvalue weighted by molar-refractivity contribution is 0.320. The molecule has 0 atom stereocenters. The molecule has 0 bridgehead atoms. The summed E-state index contributed by atoms with van der Waals surface area (Å²) in [5.41, 5.74) is 7.29. The number of hydrogen-bond acceptors (Lipinski definition) is 7. The van der Waals surface area contributed by atoms with Crippen molar-refractivity contribution in [2.24, 2.45) is 0 Å². The van der Waals surface area contributed by atoms with E-state index in [0.29, 0.717) is 17.9 Å². The summed E-state index contributed by atoms with van der Waals surface area (Å²) in [6.45, 7) is 3.71. The third-order valence-corrected chi connectivity index (χ3v) is 2.59. The fourth-order valence-electron chi connectivity index (χ4n) is 1.66. The lowest BCUT2D eigenvalue weighted by Crippen LogP contribution is -2.02.